The Morgan fingerprint density at radius 3 is 2.58 bits per heavy atom. The van der Waals surface area contributed by atoms with E-state index in [1.807, 2.05) is 0 Å². The summed E-state index contributed by atoms with van der Waals surface area (Å²) in [6, 6.07) is 10.4. The van der Waals surface area contributed by atoms with Crippen molar-refractivity contribution in [2.75, 3.05) is 0 Å². The third kappa shape index (κ3) is 3.12. The molecule has 0 aromatic heterocycles. The maximum atomic E-state index is 13.5. The van der Waals surface area contributed by atoms with Crippen molar-refractivity contribution in [3.8, 4) is 0 Å². The van der Waals surface area contributed by atoms with Crippen LogP contribution in [-0.2, 0) is 5.75 Å². The molecule has 0 aliphatic heterocycles. The smallest absolute Gasteiger partial charge is 0.336 e. The van der Waals surface area contributed by atoms with Crippen molar-refractivity contribution in [1.29, 1.82) is 0 Å². The lowest BCUT2D eigenvalue weighted by Gasteiger charge is -2.06. The van der Waals surface area contributed by atoms with Crippen molar-refractivity contribution in [3.63, 3.8) is 0 Å². The molecule has 2 aromatic carbocycles. The molecular formula is C14H10F2O2S. The Morgan fingerprint density at radius 1 is 1.11 bits per heavy atom. The third-order valence-electron chi connectivity index (χ3n) is 2.53. The zero-order chi connectivity index (χ0) is 13.8. The zero-order valence-corrected chi connectivity index (χ0v) is 10.6. The second kappa shape index (κ2) is 5.84. The van der Waals surface area contributed by atoms with E-state index in [1.165, 1.54) is 18.2 Å². The predicted octanol–water partition coefficient (Wildman–Crippen LogP) is 3.96. The molecule has 0 fully saturated rings. The molecule has 0 aliphatic carbocycles. The first kappa shape index (κ1) is 13.5. The minimum atomic E-state index is -1.04. The van der Waals surface area contributed by atoms with E-state index in [2.05, 4.69) is 0 Å². The van der Waals surface area contributed by atoms with E-state index in [4.69, 9.17) is 5.11 Å². The molecule has 0 spiro atoms. The molecule has 2 aromatic rings. The van der Waals surface area contributed by atoms with Crippen molar-refractivity contribution in [2.24, 2.45) is 0 Å². The van der Waals surface area contributed by atoms with E-state index >= 15 is 0 Å². The lowest BCUT2D eigenvalue weighted by Crippen LogP contribution is -1.99. The fourth-order valence-electron chi connectivity index (χ4n) is 1.58. The summed E-state index contributed by atoms with van der Waals surface area (Å²) in [6.07, 6.45) is 0. The van der Waals surface area contributed by atoms with Gasteiger partial charge in [-0.1, -0.05) is 24.3 Å². The first-order valence-corrected chi connectivity index (χ1v) is 6.46. The first-order chi connectivity index (χ1) is 9.09. The third-order valence-corrected chi connectivity index (χ3v) is 3.65. The van der Waals surface area contributed by atoms with Gasteiger partial charge in [0.15, 0.2) is 11.6 Å². The van der Waals surface area contributed by atoms with Crippen molar-refractivity contribution < 1.29 is 18.7 Å². The summed E-state index contributed by atoms with van der Waals surface area (Å²) >= 11 is 1.16. The van der Waals surface area contributed by atoms with Crippen molar-refractivity contribution in [3.05, 3.63) is 65.2 Å². The highest BCUT2D eigenvalue weighted by Gasteiger charge is 2.12. The Kier molecular flexibility index (Phi) is 4.16. The molecule has 0 atom stereocenters. The summed E-state index contributed by atoms with van der Waals surface area (Å²) in [5.74, 6) is -2.65. The average molecular weight is 280 g/mol. The largest absolute Gasteiger partial charge is 0.478 e. The van der Waals surface area contributed by atoms with Crippen LogP contribution in [0.15, 0.2) is 47.4 Å². The van der Waals surface area contributed by atoms with Gasteiger partial charge in [-0.05, 0) is 18.2 Å². The number of carbonyl (C=O) groups is 1. The molecule has 5 heteroatoms. The molecule has 0 unspecified atom stereocenters. The quantitative estimate of drug-likeness (QED) is 0.861. The highest BCUT2D eigenvalue weighted by Crippen LogP contribution is 2.27. The standard InChI is InChI=1S/C14H10F2O2S/c15-11-6-3-4-9(13(11)16)8-19-12-7-2-1-5-10(12)14(17)18/h1-7H,8H2,(H,17,18). The molecule has 0 radical (unpaired) electrons. The van der Waals surface area contributed by atoms with Crippen LogP contribution >= 0.6 is 11.8 Å². The van der Waals surface area contributed by atoms with Crippen molar-refractivity contribution in [1.82, 2.24) is 0 Å². The van der Waals surface area contributed by atoms with E-state index in [9.17, 15) is 13.6 Å². The number of hydrogen-bond acceptors (Lipinski definition) is 2. The fourth-order valence-corrected chi connectivity index (χ4v) is 2.60. The summed E-state index contributed by atoms with van der Waals surface area (Å²) in [5.41, 5.74) is 0.370. The molecule has 0 saturated heterocycles. The summed E-state index contributed by atoms with van der Waals surface area (Å²) in [7, 11) is 0. The van der Waals surface area contributed by atoms with Gasteiger partial charge >= 0.3 is 5.97 Å². The molecule has 0 amide bonds. The lowest BCUT2D eigenvalue weighted by atomic mass is 10.2. The molecule has 19 heavy (non-hydrogen) atoms. The highest BCUT2D eigenvalue weighted by atomic mass is 32.2. The molecule has 2 nitrogen and oxygen atoms in total. The Balaban J connectivity index is 2.19. The molecule has 2 rings (SSSR count). The van der Waals surface area contributed by atoms with Gasteiger partial charge in [0.2, 0.25) is 0 Å². The van der Waals surface area contributed by atoms with Gasteiger partial charge in [0.05, 0.1) is 5.56 Å². The van der Waals surface area contributed by atoms with E-state index in [0.29, 0.717) is 4.90 Å². The predicted molar refractivity (Wildman–Crippen MR) is 69.3 cm³/mol. The summed E-state index contributed by atoms with van der Waals surface area (Å²) in [6.45, 7) is 0. The maximum absolute atomic E-state index is 13.5. The Bertz CT molecular complexity index is 614. The van der Waals surface area contributed by atoms with Crippen LogP contribution in [0.3, 0.4) is 0 Å². The number of benzene rings is 2. The lowest BCUT2D eigenvalue weighted by molar-refractivity contribution is 0.0693. The number of rotatable bonds is 4. The van der Waals surface area contributed by atoms with Crippen molar-refractivity contribution in [2.45, 2.75) is 10.6 Å². The van der Waals surface area contributed by atoms with Gasteiger partial charge in [-0.3, -0.25) is 0 Å². The fraction of sp³-hybridized carbons (Fsp3) is 0.0714. The van der Waals surface area contributed by atoms with Crippen LogP contribution in [0, 0.1) is 11.6 Å². The minimum absolute atomic E-state index is 0.157. The SMILES string of the molecule is O=C(O)c1ccccc1SCc1cccc(F)c1F. The number of thioether (sulfide) groups is 1. The molecule has 0 saturated carbocycles. The molecular weight excluding hydrogens is 270 g/mol. The van der Waals surface area contributed by atoms with Gasteiger partial charge in [-0.25, -0.2) is 13.6 Å². The summed E-state index contributed by atoms with van der Waals surface area (Å²) in [4.78, 5) is 11.5. The van der Waals surface area contributed by atoms with Crippen LogP contribution < -0.4 is 0 Å². The maximum Gasteiger partial charge on any atom is 0.336 e. The number of halogens is 2. The number of hydrogen-bond donors (Lipinski definition) is 1. The van der Waals surface area contributed by atoms with E-state index in [1.54, 1.807) is 18.2 Å². The van der Waals surface area contributed by atoms with Gasteiger partial charge in [0.1, 0.15) is 0 Å². The van der Waals surface area contributed by atoms with Crippen LogP contribution in [0.1, 0.15) is 15.9 Å². The molecule has 1 N–H and O–H groups in total. The monoisotopic (exact) mass is 280 g/mol. The van der Waals surface area contributed by atoms with Gasteiger partial charge in [0.25, 0.3) is 0 Å². The Morgan fingerprint density at radius 2 is 1.84 bits per heavy atom. The van der Waals surface area contributed by atoms with E-state index < -0.39 is 17.6 Å². The number of carboxylic acid groups (broad SMARTS) is 1. The average Bonchev–Trinajstić information content (AvgIpc) is 2.40. The van der Waals surface area contributed by atoms with E-state index in [0.717, 1.165) is 17.8 Å². The van der Waals surface area contributed by atoms with Gasteiger partial charge < -0.3 is 5.11 Å². The topological polar surface area (TPSA) is 37.3 Å². The number of carboxylic acids is 1. The van der Waals surface area contributed by atoms with Crippen LogP contribution in [-0.4, -0.2) is 11.1 Å². The molecule has 0 heterocycles. The van der Waals surface area contributed by atoms with Crippen LogP contribution in [0.5, 0.6) is 0 Å². The van der Waals surface area contributed by atoms with Crippen LogP contribution in [0.4, 0.5) is 8.78 Å². The summed E-state index contributed by atoms with van der Waals surface area (Å²) in [5, 5.41) is 9.01. The first-order valence-electron chi connectivity index (χ1n) is 5.47. The Labute approximate surface area is 113 Å². The van der Waals surface area contributed by atoms with Gasteiger partial charge in [-0.2, -0.15) is 0 Å². The zero-order valence-electron chi connectivity index (χ0n) is 9.77. The second-order valence-corrected chi connectivity index (χ2v) is 4.82. The van der Waals surface area contributed by atoms with Gasteiger partial charge in [0, 0.05) is 16.2 Å². The second-order valence-electron chi connectivity index (χ2n) is 3.80. The number of aromatic carboxylic acids is 1. The van der Waals surface area contributed by atoms with E-state index in [-0.39, 0.29) is 16.9 Å². The Hall–Kier alpha value is -1.88. The van der Waals surface area contributed by atoms with Gasteiger partial charge in [-0.15, -0.1) is 11.8 Å². The molecule has 0 bridgehead atoms. The normalized spacial score (nSPS) is 10.4. The van der Waals surface area contributed by atoms with Crippen LogP contribution in [0.25, 0.3) is 0 Å². The highest BCUT2D eigenvalue weighted by molar-refractivity contribution is 7.98. The van der Waals surface area contributed by atoms with Crippen molar-refractivity contribution >= 4 is 17.7 Å². The van der Waals surface area contributed by atoms with Crippen LogP contribution in [0.2, 0.25) is 0 Å². The summed E-state index contributed by atoms with van der Waals surface area (Å²) < 4.78 is 26.5. The molecule has 98 valence electrons. The minimum Gasteiger partial charge on any atom is -0.478 e. The molecule has 0 aliphatic rings.